The van der Waals surface area contributed by atoms with Crippen molar-refractivity contribution in [3.05, 3.63) is 81.0 Å². The van der Waals surface area contributed by atoms with Crippen LogP contribution >= 0.6 is 22.9 Å². The Bertz CT molecular complexity index is 930. The molecule has 0 aliphatic rings. The molecule has 1 amide bonds. The molecule has 2 N–H and O–H groups in total. The van der Waals surface area contributed by atoms with Crippen LogP contribution in [-0.4, -0.2) is 31.0 Å². The minimum Gasteiger partial charge on any atom is -0.493 e. The van der Waals surface area contributed by atoms with E-state index in [0.717, 1.165) is 11.1 Å². The van der Waals surface area contributed by atoms with Gasteiger partial charge in [-0.15, -0.1) is 11.3 Å². The van der Waals surface area contributed by atoms with E-state index in [1.54, 1.807) is 12.0 Å². The number of nitrogens with zero attached hydrogens (tertiary/aromatic N) is 1. The number of hydrogen-bond acceptors (Lipinski definition) is 5. The Morgan fingerprint density at radius 1 is 1.10 bits per heavy atom. The third-order valence-corrected chi connectivity index (χ3v) is 5.44. The van der Waals surface area contributed by atoms with Crippen molar-refractivity contribution in [3.8, 4) is 11.5 Å². The molecule has 0 bridgehead atoms. The lowest BCUT2D eigenvalue weighted by atomic mass is 10.1. The van der Waals surface area contributed by atoms with Crippen LogP contribution in [0.1, 0.15) is 20.8 Å². The van der Waals surface area contributed by atoms with Crippen LogP contribution in [0.4, 0.5) is 0 Å². The van der Waals surface area contributed by atoms with E-state index in [1.807, 2.05) is 60.0 Å². The monoisotopic (exact) mass is 430 g/mol. The van der Waals surface area contributed by atoms with Gasteiger partial charge >= 0.3 is 0 Å². The maximum Gasteiger partial charge on any atom is 0.264 e. The number of rotatable bonds is 9. The third-order valence-electron chi connectivity index (χ3n) is 4.33. The Balaban J connectivity index is 1.71. The van der Waals surface area contributed by atoms with Crippen molar-refractivity contribution in [2.45, 2.75) is 13.2 Å². The molecule has 0 unspecified atom stereocenters. The number of ether oxygens (including phenoxy) is 2. The summed E-state index contributed by atoms with van der Waals surface area (Å²) in [5.41, 5.74) is 7.67. The van der Waals surface area contributed by atoms with Crippen molar-refractivity contribution in [2.24, 2.45) is 5.73 Å². The molecule has 0 atom stereocenters. The summed E-state index contributed by atoms with van der Waals surface area (Å²) in [4.78, 5) is 15.2. The van der Waals surface area contributed by atoms with Crippen LogP contribution in [0, 0.1) is 0 Å². The van der Waals surface area contributed by atoms with E-state index < -0.39 is 0 Å². The zero-order valence-electron chi connectivity index (χ0n) is 16.1. The lowest BCUT2D eigenvalue weighted by Crippen LogP contribution is -2.34. The highest BCUT2D eigenvalue weighted by molar-refractivity contribution is 7.12. The van der Waals surface area contributed by atoms with Crippen LogP contribution < -0.4 is 15.2 Å². The van der Waals surface area contributed by atoms with E-state index in [1.165, 1.54) is 11.3 Å². The fourth-order valence-corrected chi connectivity index (χ4v) is 3.67. The third kappa shape index (κ3) is 5.73. The van der Waals surface area contributed by atoms with Crippen LogP contribution in [0.3, 0.4) is 0 Å². The minimum absolute atomic E-state index is 0.0209. The maximum atomic E-state index is 12.7. The molecule has 5 nitrogen and oxygen atoms in total. The molecule has 1 heterocycles. The molecule has 1 aromatic heterocycles. The summed E-state index contributed by atoms with van der Waals surface area (Å²) in [7, 11) is 1.60. The number of carbonyl (C=O) groups is 1. The number of hydrogen-bond donors (Lipinski definition) is 1. The topological polar surface area (TPSA) is 64.8 Å². The molecule has 0 radical (unpaired) electrons. The SMILES string of the molecule is COc1cc(CN(CCN)C(=O)c2cccs2)ccc1OCc1ccc(Cl)cc1. The first kappa shape index (κ1) is 21.2. The Morgan fingerprint density at radius 2 is 1.86 bits per heavy atom. The zero-order chi connectivity index (χ0) is 20.6. The van der Waals surface area contributed by atoms with Gasteiger partial charge in [-0.25, -0.2) is 0 Å². The van der Waals surface area contributed by atoms with Crippen molar-refractivity contribution < 1.29 is 14.3 Å². The summed E-state index contributed by atoms with van der Waals surface area (Å²) in [5, 5.41) is 2.58. The summed E-state index contributed by atoms with van der Waals surface area (Å²) in [6.45, 7) is 1.73. The lowest BCUT2D eigenvalue weighted by Gasteiger charge is -2.22. The van der Waals surface area contributed by atoms with E-state index in [-0.39, 0.29) is 5.91 Å². The van der Waals surface area contributed by atoms with Crippen molar-refractivity contribution in [3.63, 3.8) is 0 Å². The molecule has 0 aliphatic heterocycles. The summed E-state index contributed by atoms with van der Waals surface area (Å²) >= 11 is 7.34. The standard InChI is InChI=1S/C22H23ClN2O3S/c1-27-20-13-17(14-25(11-10-24)22(26)21-3-2-12-29-21)6-9-19(20)28-15-16-4-7-18(23)8-5-16/h2-9,12-13H,10-11,14-15,24H2,1H3. The molecule has 29 heavy (non-hydrogen) atoms. The predicted molar refractivity (Wildman–Crippen MR) is 117 cm³/mol. The molecular weight excluding hydrogens is 408 g/mol. The summed E-state index contributed by atoms with van der Waals surface area (Å²) in [6, 6.07) is 16.9. The van der Waals surface area contributed by atoms with E-state index in [2.05, 4.69) is 0 Å². The predicted octanol–water partition coefficient (Wildman–Crippen LogP) is 4.59. The Kier molecular flexibility index (Phi) is 7.52. The van der Waals surface area contributed by atoms with Crippen LogP contribution in [0.15, 0.2) is 60.0 Å². The molecule has 0 spiro atoms. The number of methoxy groups -OCH3 is 1. The van der Waals surface area contributed by atoms with Crippen LogP contribution in [-0.2, 0) is 13.2 Å². The molecule has 0 aliphatic carbocycles. The van der Waals surface area contributed by atoms with E-state index in [0.29, 0.717) is 47.6 Å². The summed E-state index contributed by atoms with van der Waals surface area (Å²) in [6.07, 6.45) is 0. The smallest absolute Gasteiger partial charge is 0.264 e. The highest BCUT2D eigenvalue weighted by atomic mass is 35.5. The molecular formula is C22H23ClN2O3S. The first-order valence-corrected chi connectivity index (χ1v) is 10.4. The number of halogens is 1. The molecule has 3 rings (SSSR count). The van der Waals surface area contributed by atoms with Gasteiger partial charge in [0.15, 0.2) is 11.5 Å². The summed E-state index contributed by atoms with van der Waals surface area (Å²) in [5.74, 6) is 1.24. The number of thiophene rings is 1. The maximum absolute atomic E-state index is 12.7. The Morgan fingerprint density at radius 3 is 2.52 bits per heavy atom. The summed E-state index contributed by atoms with van der Waals surface area (Å²) < 4.78 is 11.4. The van der Waals surface area contributed by atoms with Gasteiger partial charge in [0.05, 0.1) is 12.0 Å². The lowest BCUT2D eigenvalue weighted by molar-refractivity contribution is 0.0753. The van der Waals surface area contributed by atoms with Gasteiger partial charge in [0, 0.05) is 24.7 Å². The number of nitrogens with two attached hydrogens (primary N) is 1. The Hall–Kier alpha value is -2.54. The second-order valence-corrected chi connectivity index (χ2v) is 7.78. The average Bonchev–Trinajstić information content (AvgIpc) is 3.28. The highest BCUT2D eigenvalue weighted by Crippen LogP contribution is 2.29. The number of carbonyl (C=O) groups excluding carboxylic acids is 1. The highest BCUT2D eigenvalue weighted by Gasteiger charge is 2.17. The zero-order valence-corrected chi connectivity index (χ0v) is 17.7. The van der Waals surface area contributed by atoms with Crippen LogP contribution in [0.2, 0.25) is 5.02 Å². The normalized spacial score (nSPS) is 10.6. The van der Waals surface area contributed by atoms with Gasteiger partial charge in [-0.1, -0.05) is 35.9 Å². The molecule has 7 heteroatoms. The van der Waals surface area contributed by atoms with Gasteiger partial charge in [0.1, 0.15) is 6.61 Å². The van der Waals surface area contributed by atoms with Crippen molar-refractivity contribution in [2.75, 3.05) is 20.2 Å². The molecule has 0 saturated heterocycles. The van der Waals surface area contributed by atoms with Gasteiger partial charge < -0.3 is 20.1 Å². The minimum atomic E-state index is -0.0209. The second-order valence-electron chi connectivity index (χ2n) is 6.39. The molecule has 2 aromatic carbocycles. The largest absolute Gasteiger partial charge is 0.493 e. The number of benzene rings is 2. The molecule has 3 aromatic rings. The molecule has 152 valence electrons. The molecule has 0 fully saturated rings. The van der Waals surface area contributed by atoms with E-state index in [9.17, 15) is 4.79 Å². The van der Waals surface area contributed by atoms with Gasteiger partial charge in [-0.05, 0) is 46.8 Å². The van der Waals surface area contributed by atoms with Crippen LogP contribution in [0.5, 0.6) is 11.5 Å². The fraction of sp³-hybridized carbons (Fsp3) is 0.227. The van der Waals surface area contributed by atoms with Crippen molar-refractivity contribution in [1.29, 1.82) is 0 Å². The van der Waals surface area contributed by atoms with Gasteiger partial charge in [-0.3, -0.25) is 4.79 Å². The fourth-order valence-electron chi connectivity index (χ4n) is 2.86. The van der Waals surface area contributed by atoms with E-state index >= 15 is 0 Å². The Labute approximate surface area is 179 Å². The second kappa shape index (κ2) is 10.3. The van der Waals surface area contributed by atoms with Gasteiger partial charge in [-0.2, -0.15) is 0 Å². The molecule has 0 saturated carbocycles. The van der Waals surface area contributed by atoms with Crippen LogP contribution in [0.25, 0.3) is 0 Å². The first-order valence-electron chi connectivity index (χ1n) is 9.17. The average molecular weight is 431 g/mol. The van der Waals surface area contributed by atoms with Gasteiger partial charge in [0.25, 0.3) is 5.91 Å². The van der Waals surface area contributed by atoms with E-state index in [4.69, 9.17) is 26.8 Å². The van der Waals surface area contributed by atoms with Gasteiger partial charge in [0.2, 0.25) is 0 Å². The quantitative estimate of drug-likeness (QED) is 0.539. The van der Waals surface area contributed by atoms with Crippen molar-refractivity contribution >= 4 is 28.8 Å². The van der Waals surface area contributed by atoms with Crippen molar-refractivity contribution in [1.82, 2.24) is 4.90 Å². The first-order chi connectivity index (χ1) is 14.1. The number of amides is 1.